The van der Waals surface area contributed by atoms with Gasteiger partial charge < -0.3 is 13.9 Å². The predicted octanol–water partition coefficient (Wildman–Crippen LogP) is 2.45. The third-order valence-electron chi connectivity index (χ3n) is 5.64. The SMILES string of the molecule is COC(=O)N1CC2=C(C)C[C@@H]3C(=O)OC(=O)[C@@H]3[C@@H]2C[C@@H]1c1ccco1. The number of nitrogens with zero attached hydrogens (tertiary/aromatic N) is 1. The summed E-state index contributed by atoms with van der Waals surface area (Å²) >= 11 is 0. The zero-order valence-electron chi connectivity index (χ0n) is 14.1. The summed E-state index contributed by atoms with van der Waals surface area (Å²) in [5.74, 6) is -1.25. The standard InChI is InChI=1S/C18H19NO6/c1-9-6-11-15(17(21)25-16(11)20)10-7-13(14-4-3-5-24-14)19(8-12(9)10)18(22)23-2/h3-5,10-11,13,15H,6-8H2,1-2H3/t10-,11+,13-,15-/m1/s1. The fraction of sp³-hybridized carbons (Fsp3) is 0.500. The zero-order chi connectivity index (χ0) is 17.7. The minimum Gasteiger partial charge on any atom is -0.467 e. The highest BCUT2D eigenvalue weighted by molar-refractivity contribution is 5.97. The Morgan fingerprint density at radius 1 is 1.28 bits per heavy atom. The Morgan fingerprint density at radius 3 is 2.76 bits per heavy atom. The highest BCUT2D eigenvalue weighted by Crippen LogP contribution is 2.50. The molecule has 3 heterocycles. The van der Waals surface area contributed by atoms with Crippen LogP contribution in [0.25, 0.3) is 0 Å². The second kappa shape index (κ2) is 5.75. The van der Waals surface area contributed by atoms with E-state index in [4.69, 9.17) is 13.9 Å². The number of methoxy groups -OCH3 is 1. The number of hydrogen-bond acceptors (Lipinski definition) is 6. The molecule has 25 heavy (non-hydrogen) atoms. The highest BCUT2D eigenvalue weighted by atomic mass is 16.6. The minimum atomic E-state index is -0.469. The molecule has 1 aromatic heterocycles. The molecule has 2 saturated heterocycles. The van der Waals surface area contributed by atoms with Gasteiger partial charge in [-0.15, -0.1) is 0 Å². The number of likely N-dealkylation sites (tertiary alicyclic amines) is 1. The summed E-state index contributed by atoms with van der Waals surface area (Å²) in [5, 5.41) is 0. The summed E-state index contributed by atoms with van der Waals surface area (Å²) in [4.78, 5) is 38.2. The molecule has 0 bridgehead atoms. The van der Waals surface area contributed by atoms with Gasteiger partial charge in [-0.2, -0.15) is 0 Å². The first kappa shape index (κ1) is 15.9. The molecule has 1 aromatic rings. The summed E-state index contributed by atoms with van der Waals surface area (Å²) in [6.45, 7) is 2.32. The maximum atomic E-state index is 12.3. The van der Waals surface area contributed by atoms with Crippen molar-refractivity contribution in [2.75, 3.05) is 13.7 Å². The van der Waals surface area contributed by atoms with Gasteiger partial charge in [-0.05, 0) is 43.4 Å². The largest absolute Gasteiger partial charge is 0.467 e. The van der Waals surface area contributed by atoms with Crippen LogP contribution in [0.5, 0.6) is 0 Å². The molecule has 1 aliphatic carbocycles. The van der Waals surface area contributed by atoms with E-state index in [1.54, 1.807) is 23.3 Å². The van der Waals surface area contributed by atoms with E-state index in [-0.39, 0.29) is 12.0 Å². The molecule has 3 aliphatic rings. The molecule has 0 saturated carbocycles. The molecule has 1 amide bonds. The molecule has 0 radical (unpaired) electrons. The summed E-state index contributed by atoms with van der Waals surface area (Å²) in [6, 6.07) is 3.23. The monoisotopic (exact) mass is 345 g/mol. The average molecular weight is 345 g/mol. The molecule has 0 N–H and O–H groups in total. The van der Waals surface area contributed by atoms with Gasteiger partial charge in [0.05, 0.1) is 31.3 Å². The van der Waals surface area contributed by atoms with Crippen molar-refractivity contribution in [1.29, 1.82) is 0 Å². The average Bonchev–Trinajstić information content (AvgIpc) is 3.22. The Labute approximate surface area is 144 Å². The predicted molar refractivity (Wildman–Crippen MR) is 84.1 cm³/mol. The number of hydrogen-bond donors (Lipinski definition) is 0. The Balaban J connectivity index is 1.75. The Kier molecular flexibility index (Phi) is 3.67. The lowest BCUT2D eigenvalue weighted by Gasteiger charge is -2.44. The van der Waals surface area contributed by atoms with Gasteiger partial charge in [0, 0.05) is 6.54 Å². The van der Waals surface area contributed by atoms with Gasteiger partial charge in [0.25, 0.3) is 0 Å². The molecule has 4 atom stereocenters. The van der Waals surface area contributed by atoms with Gasteiger partial charge in [-0.1, -0.05) is 5.57 Å². The van der Waals surface area contributed by atoms with Crippen molar-refractivity contribution in [2.45, 2.75) is 25.8 Å². The van der Waals surface area contributed by atoms with Crippen molar-refractivity contribution in [2.24, 2.45) is 17.8 Å². The van der Waals surface area contributed by atoms with Gasteiger partial charge in [0.2, 0.25) is 0 Å². The van der Waals surface area contributed by atoms with Gasteiger partial charge in [0.1, 0.15) is 5.76 Å². The van der Waals surface area contributed by atoms with Gasteiger partial charge >= 0.3 is 18.0 Å². The second-order valence-electron chi connectivity index (χ2n) is 6.85. The number of rotatable bonds is 1. The van der Waals surface area contributed by atoms with E-state index in [0.717, 1.165) is 11.1 Å². The second-order valence-corrected chi connectivity index (χ2v) is 6.85. The summed E-state index contributed by atoms with van der Waals surface area (Å²) in [5.41, 5.74) is 2.07. The van der Waals surface area contributed by atoms with Crippen LogP contribution < -0.4 is 0 Å². The minimum absolute atomic E-state index is 0.131. The normalized spacial score (nSPS) is 31.5. The summed E-state index contributed by atoms with van der Waals surface area (Å²) in [6.07, 6.45) is 2.12. The third-order valence-corrected chi connectivity index (χ3v) is 5.64. The lowest BCUT2D eigenvalue weighted by molar-refractivity contribution is -0.154. The molecule has 0 aromatic carbocycles. The number of fused-ring (bicyclic) bond motifs is 3. The van der Waals surface area contributed by atoms with Crippen LogP contribution >= 0.6 is 0 Å². The van der Waals surface area contributed by atoms with Crippen molar-refractivity contribution in [1.82, 2.24) is 4.90 Å². The van der Waals surface area contributed by atoms with Crippen LogP contribution in [-0.4, -0.2) is 36.6 Å². The lowest BCUT2D eigenvalue weighted by Crippen LogP contribution is -2.47. The van der Waals surface area contributed by atoms with Crippen molar-refractivity contribution in [3.63, 3.8) is 0 Å². The van der Waals surface area contributed by atoms with Crippen LogP contribution in [0.3, 0.4) is 0 Å². The van der Waals surface area contributed by atoms with Gasteiger partial charge in [-0.25, -0.2) is 4.79 Å². The fourth-order valence-corrected chi connectivity index (χ4v) is 4.47. The van der Waals surface area contributed by atoms with E-state index in [0.29, 0.717) is 25.1 Å². The van der Waals surface area contributed by atoms with Crippen LogP contribution in [0, 0.1) is 17.8 Å². The number of esters is 2. The van der Waals surface area contributed by atoms with Crippen LogP contribution in [0.1, 0.15) is 31.6 Å². The number of ether oxygens (including phenoxy) is 2. The van der Waals surface area contributed by atoms with E-state index in [9.17, 15) is 14.4 Å². The van der Waals surface area contributed by atoms with E-state index in [1.165, 1.54) is 7.11 Å². The molecule has 2 fully saturated rings. The maximum absolute atomic E-state index is 12.3. The van der Waals surface area contributed by atoms with Crippen LogP contribution in [-0.2, 0) is 19.1 Å². The van der Waals surface area contributed by atoms with Gasteiger partial charge in [0.15, 0.2) is 0 Å². The van der Waals surface area contributed by atoms with Crippen LogP contribution in [0.2, 0.25) is 0 Å². The topological polar surface area (TPSA) is 86.0 Å². The van der Waals surface area contributed by atoms with E-state index < -0.39 is 29.9 Å². The van der Waals surface area contributed by atoms with E-state index in [2.05, 4.69) is 0 Å². The molecule has 7 nitrogen and oxygen atoms in total. The quantitative estimate of drug-likeness (QED) is 0.441. The summed E-state index contributed by atoms with van der Waals surface area (Å²) < 4.78 is 15.3. The molecule has 4 rings (SSSR count). The Bertz CT molecular complexity index is 765. The third kappa shape index (κ3) is 2.37. The molecule has 7 heteroatoms. The number of cyclic esters (lactones) is 2. The highest BCUT2D eigenvalue weighted by Gasteiger charge is 2.54. The fourth-order valence-electron chi connectivity index (χ4n) is 4.47. The molecule has 0 spiro atoms. The molecule has 132 valence electrons. The number of carbonyl (C=O) groups is 3. The van der Waals surface area contributed by atoms with E-state index in [1.807, 2.05) is 6.92 Å². The number of piperidine rings is 1. The van der Waals surface area contributed by atoms with E-state index >= 15 is 0 Å². The first-order valence-corrected chi connectivity index (χ1v) is 8.33. The zero-order valence-corrected chi connectivity index (χ0v) is 14.1. The molecule has 0 unspecified atom stereocenters. The smallest absolute Gasteiger partial charge is 0.410 e. The summed E-state index contributed by atoms with van der Waals surface area (Å²) in [7, 11) is 1.35. The number of allylic oxidation sites excluding steroid dienone is 1. The molecular weight excluding hydrogens is 326 g/mol. The first-order valence-electron chi connectivity index (χ1n) is 8.33. The van der Waals surface area contributed by atoms with Crippen LogP contribution in [0.4, 0.5) is 4.79 Å². The van der Waals surface area contributed by atoms with Crippen molar-refractivity contribution >= 4 is 18.0 Å². The Hall–Kier alpha value is -2.57. The first-order chi connectivity index (χ1) is 12.0. The van der Waals surface area contributed by atoms with Crippen molar-refractivity contribution in [3.8, 4) is 0 Å². The number of amides is 1. The molecule has 2 aliphatic heterocycles. The van der Waals surface area contributed by atoms with Crippen molar-refractivity contribution < 1.29 is 28.3 Å². The lowest BCUT2D eigenvalue weighted by atomic mass is 9.66. The molecular formula is C18H19NO6. The maximum Gasteiger partial charge on any atom is 0.410 e. The number of carbonyl (C=O) groups excluding carboxylic acids is 3. The van der Waals surface area contributed by atoms with Crippen LogP contribution in [0.15, 0.2) is 34.0 Å². The Morgan fingerprint density at radius 2 is 2.08 bits per heavy atom. The van der Waals surface area contributed by atoms with Crippen molar-refractivity contribution in [3.05, 3.63) is 35.3 Å². The van der Waals surface area contributed by atoms with Gasteiger partial charge in [-0.3, -0.25) is 14.5 Å². The number of furan rings is 1.